The van der Waals surface area contributed by atoms with E-state index >= 15 is 0 Å². The number of thioether (sulfide) groups is 1. The number of imide groups is 1. The summed E-state index contributed by atoms with van der Waals surface area (Å²) in [6, 6.07) is 7.23. The third kappa shape index (κ3) is 2.43. The number of nitrogens with zero attached hydrogens (tertiary/aromatic N) is 1. The van der Waals surface area contributed by atoms with Crippen molar-refractivity contribution in [1.82, 2.24) is 10.3 Å². The second-order valence-electron chi connectivity index (χ2n) is 3.80. The number of carbonyl (C=O) groups is 2. The highest BCUT2D eigenvalue weighted by Gasteiger charge is 2.25. The average Bonchev–Trinajstić information content (AvgIpc) is 2.99. The zero-order chi connectivity index (χ0) is 13.2. The Morgan fingerprint density at radius 1 is 1.26 bits per heavy atom. The maximum Gasteiger partial charge on any atom is 0.290 e. The number of amides is 2. The number of pyridine rings is 1. The Bertz CT molecular complexity index is 676. The quantitative estimate of drug-likeness (QED) is 0.851. The van der Waals surface area contributed by atoms with Gasteiger partial charge < -0.3 is 4.42 Å². The molecule has 0 unspecified atom stereocenters. The average molecular weight is 272 g/mol. The van der Waals surface area contributed by atoms with Gasteiger partial charge in [0.15, 0.2) is 0 Å². The summed E-state index contributed by atoms with van der Waals surface area (Å²) in [7, 11) is 0. The van der Waals surface area contributed by atoms with Crippen molar-refractivity contribution in [3.05, 3.63) is 47.3 Å². The molecular weight excluding hydrogens is 264 g/mol. The number of rotatable bonds is 2. The largest absolute Gasteiger partial charge is 0.457 e. The molecule has 19 heavy (non-hydrogen) atoms. The van der Waals surface area contributed by atoms with Gasteiger partial charge in [0.25, 0.3) is 11.1 Å². The molecule has 0 aliphatic carbocycles. The molecule has 6 heteroatoms. The highest BCUT2D eigenvalue weighted by atomic mass is 32.2. The van der Waals surface area contributed by atoms with E-state index in [0.717, 1.165) is 17.3 Å². The van der Waals surface area contributed by atoms with Crippen molar-refractivity contribution in [3.8, 4) is 11.3 Å². The van der Waals surface area contributed by atoms with Crippen molar-refractivity contribution in [1.29, 1.82) is 0 Å². The molecule has 2 amide bonds. The lowest BCUT2D eigenvalue weighted by molar-refractivity contribution is -0.115. The molecule has 0 bridgehead atoms. The first-order valence-corrected chi connectivity index (χ1v) is 6.29. The number of carbonyl (C=O) groups excluding carboxylic acids is 2. The number of hydrogen-bond donors (Lipinski definition) is 1. The van der Waals surface area contributed by atoms with Gasteiger partial charge in [-0.3, -0.25) is 19.9 Å². The van der Waals surface area contributed by atoms with Gasteiger partial charge >= 0.3 is 0 Å². The molecule has 2 aromatic rings. The third-order valence-corrected chi connectivity index (χ3v) is 3.30. The fraction of sp³-hybridized carbons (Fsp3) is 0. The standard InChI is InChI=1S/C13H8N2O3S/c16-12-11(19-13(17)15-12)6-9-3-4-10(18-9)8-2-1-5-14-7-8/h1-7H,(H,15,16,17)/b11-6-. The minimum atomic E-state index is -0.394. The van der Waals surface area contributed by atoms with Crippen LogP contribution in [0.2, 0.25) is 0 Å². The first-order chi connectivity index (χ1) is 9.22. The molecule has 2 aromatic heterocycles. The molecule has 1 saturated heterocycles. The first-order valence-electron chi connectivity index (χ1n) is 5.47. The molecule has 1 fully saturated rings. The van der Waals surface area contributed by atoms with Crippen molar-refractivity contribution in [2.24, 2.45) is 0 Å². The van der Waals surface area contributed by atoms with E-state index in [9.17, 15) is 9.59 Å². The van der Waals surface area contributed by atoms with Gasteiger partial charge in [0.1, 0.15) is 11.5 Å². The molecule has 0 saturated carbocycles. The third-order valence-electron chi connectivity index (χ3n) is 2.49. The molecule has 1 N–H and O–H groups in total. The van der Waals surface area contributed by atoms with Gasteiger partial charge in [-0.25, -0.2) is 0 Å². The molecule has 1 aliphatic rings. The van der Waals surface area contributed by atoms with Crippen molar-refractivity contribution < 1.29 is 14.0 Å². The lowest BCUT2D eigenvalue weighted by atomic mass is 10.2. The Kier molecular flexibility index (Phi) is 2.92. The van der Waals surface area contributed by atoms with Crippen LogP contribution in [-0.2, 0) is 4.79 Å². The number of hydrogen-bond acceptors (Lipinski definition) is 5. The van der Waals surface area contributed by atoms with Crippen LogP contribution in [0.5, 0.6) is 0 Å². The second kappa shape index (κ2) is 4.74. The smallest absolute Gasteiger partial charge is 0.290 e. The lowest BCUT2D eigenvalue weighted by Crippen LogP contribution is -2.17. The van der Waals surface area contributed by atoms with Gasteiger partial charge in [0.2, 0.25) is 0 Å². The molecule has 1 aliphatic heterocycles. The second-order valence-corrected chi connectivity index (χ2v) is 4.81. The Balaban J connectivity index is 1.89. The SMILES string of the molecule is O=C1NC(=O)/C(=C/c2ccc(-c3cccnc3)o2)S1. The van der Waals surface area contributed by atoms with E-state index in [0.29, 0.717) is 16.4 Å². The molecule has 3 heterocycles. The van der Waals surface area contributed by atoms with Gasteiger partial charge in [-0.15, -0.1) is 0 Å². The van der Waals surface area contributed by atoms with Crippen LogP contribution >= 0.6 is 11.8 Å². The lowest BCUT2D eigenvalue weighted by Gasteiger charge is -1.94. The van der Waals surface area contributed by atoms with Crippen LogP contribution < -0.4 is 5.32 Å². The summed E-state index contributed by atoms with van der Waals surface area (Å²) in [5, 5.41) is 1.83. The maximum absolute atomic E-state index is 11.4. The van der Waals surface area contributed by atoms with Crippen LogP contribution in [0.4, 0.5) is 4.79 Å². The van der Waals surface area contributed by atoms with Crippen molar-refractivity contribution in [3.63, 3.8) is 0 Å². The van der Waals surface area contributed by atoms with Gasteiger partial charge in [0.05, 0.1) is 4.91 Å². The van der Waals surface area contributed by atoms with E-state index in [2.05, 4.69) is 10.3 Å². The molecule has 0 aromatic carbocycles. The molecule has 94 valence electrons. The Hall–Kier alpha value is -2.34. The molecule has 0 radical (unpaired) electrons. The van der Waals surface area contributed by atoms with Crippen molar-refractivity contribution in [2.75, 3.05) is 0 Å². The topological polar surface area (TPSA) is 72.2 Å². The maximum atomic E-state index is 11.4. The Morgan fingerprint density at radius 3 is 2.84 bits per heavy atom. The van der Waals surface area contributed by atoms with Crippen LogP contribution in [0.1, 0.15) is 5.76 Å². The monoisotopic (exact) mass is 272 g/mol. The zero-order valence-electron chi connectivity index (χ0n) is 9.62. The minimum Gasteiger partial charge on any atom is -0.457 e. The van der Waals surface area contributed by atoms with E-state index < -0.39 is 5.91 Å². The Labute approximate surface area is 112 Å². The molecule has 0 spiro atoms. The van der Waals surface area contributed by atoms with E-state index in [4.69, 9.17) is 4.42 Å². The predicted octanol–water partition coefficient (Wildman–Crippen LogP) is 2.67. The summed E-state index contributed by atoms with van der Waals surface area (Å²) < 4.78 is 5.59. The van der Waals surface area contributed by atoms with E-state index in [1.54, 1.807) is 30.6 Å². The molecular formula is C13H8N2O3S. The van der Waals surface area contributed by atoms with Gasteiger partial charge in [-0.1, -0.05) is 0 Å². The fourth-order valence-corrected chi connectivity index (χ4v) is 2.31. The van der Waals surface area contributed by atoms with E-state index in [1.807, 2.05) is 12.1 Å². The summed E-state index contributed by atoms with van der Waals surface area (Å²) in [5.41, 5.74) is 0.853. The minimum absolute atomic E-state index is 0.331. The van der Waals surface area contributed by atoms with Gasteiger partial charge in [0, 0.05) is 24.0 Å². The van der Waals surface area contributed by atoms with Crippen LogP contribution in [0.25, 0.3) is 17.4 Å². The van der Waals surface area contributed by atoms with E-state index in [-0.39, 0.29) is 5.24 Å². The van der Waals surface area contributed by atoms with Gasteiger partial charge in [-0.2, -0.15) is 0 Å². The fourth-order valence-electron chi connectivity index (χ4n) is 1.64. The number of nitrogens with one attached hydrogen (secondary N) is 1. The number of furan rings is 1. The van der Waals surface area contributed by atoms with Crippen molar-refractivity contribution in [2.45, 2.75) is 0 Å². The van der Waals surface area contributed by atoms with Crippen LogP contribution in [0.3, 0.4) is 0 Å². The number of aromatic nitrogens is 1. The molecule has 5 nitrogen and oxygen atoms in total. The van der Waals surface area contributed by atoms with Crippen LogP contribution in [0, 0.1) is 0 Å². The highest BCUT2D eigenvalue weighted by molar-refractivity contribution is 8.18. The van der Waals surface area contributed by atoms with Crippen molar-refractivity contribution >= 4 is 29.0 Å². The Morgan fingerprint density at radius 2 is 2.16 bits per heavy atom. The summed E-state index contributed by atoms with van der Waals surface area (Å²) in [5.74, 6) is 0.787. The predicted molar refractivity (Wildman–Crippen MR) is 71.0 cm³/mol. The summed E-state index contributed by atoms with van der Waals surface area (Å²) >= 11 is 0.863. The molecule has 3 rings (SSSR count). The van der Waals surface area contributed by atoms with Crippen LogP contribution in [0.15, 0.2) is 46.0 Å². The molecule has 0 atom stereocenters. The van der Waals surface area contributed by atoms with Crippen LogP contribution in [-0.4, -0.2) is 16.1 Å². The first kappa shape index (κ1) is 11.7. The summed E-state index contributed by atoms with van der Waals surface area (Å²) in [6.07, 6.45) is 4.92. The summed E-state index contributed by atoms with van der Waals surface area (Å²) in [6.45, 7) is 0. The van der Waals surface area contributed by atoms with Gasteiger partial charge in [-0.05, 0) is 36.0 Å². The normalized spacial score (nSPS) is 16.9. The highest BCUT2D eigenvalue weighted by Crippen LogP contribution is 2.28. The zero-order valence-corrected chi connectivity index (χ0v) is 10.4. The summed E-state index contributed by atoms with van der Waals surface area (Å²) in [4.78, 5) is 26.8. The van der Waals surface area contributed by atoms with E-state index in [1.165, 1.54) is 0 Å².